The zero-order valence-corrected chi connectivity index (χ0v) is 23.4. The van der Waals surface area contributed by atoms with Crippen LogP contribution in [0.25, 0.3) is 10.9 Å². The summed E-state index contributed by atoms with van der Waals surface area (Å²) in [5.74, 6) is -1.53. The van der Waals surface area contributed by atoms with Crippen LogP contribution >= 0.6 is 0 Å². The van der Waals surface area contributed by atoms with Crippen molar-refractivity contribution in [1.82, 2.24) is 4.57 Å². The molecule has 0 aliphatic heterocycles. The minimum absolute atomic E-state index is 0.0208. The topological polar surface area (TPSA) is 88.5 Å². The molecule has 42 heavy (non-hydrogen) atoms. The molecule has 0 saturated heterocycles. The first-order chi connectivity index (χ1) is 20.2. The second-order valence-corrected chi connectivity index (χ2v) is 10.4. The van der Waals surface area contributed by atoms with Gasteiger partial charge in [0.25, 0.3) is 17.9 Å². The van der Waals surface area contributed by atoms with Gasteiger partial charge < -0.3 is 10.2 Å². The maximum atomic E-state index is 13.9. The Labute approximate surface area is 241 Å². The molecule has 1 aromatic heterocycles. The Bertz CT molecular complexity index is 1730. The molecule has 3 aromatic carbocycles. The number of nitrogens with zero attached hydrogens (tertiary/aromatic N) is 2. The maximum Gasteiger partial charge on any atom is 0.270 e. The number of hydrogen-bond donors (Lipinski definition) is 1. The Morgan fingerprint density at radius 3 is 2.38 bits per heavy atom. The van der Waals surface area contributed by atoms with Crippen molar-refractivity contribution in [2.75, 3.05) is 16.8 Å². The second-order valence-electron chi connectivity index (χ2n) is 10.4. The molecule has 0 radical (unpaired) electrons. The summed E-state index contributed by atoms with van der Waals surface area (Å²) in [6.07, 6.45) is -1.43. The molecule has 1 heterocycles. The zero-order valence-electron chi connectivity index (χ0n) is 23.4. The molecule has 1 unspecified atom stereocenters. The van der Waals surface area contributed by atoms with E-state index in [1.54, 1.807) is 62.4 Å². The number of carbonyl (C=O) groups is 3. The summed E-state index contributed by atoms with van der Waals surface area (Å²) in [5, 5.41) is 3.19. The Hall–Kier alpha value is -4.66. The summed E-state index contributed by atoms with van der Waals surface area (Å²) < 4.78 is 27.5. The summed E-state index contributed by atoms with van der Waals surface area (Å²) in [4.78, 5) is 55.4. The largest absolute Gasteiger partial charge is 0.325 e. The van der Waals surface area contributed by atoms with Crippen molar-refractivity contribution >= 4 is 40.0 Å². The van der Waals surface area contributed by atoms with Crippen LogP contribution in [0.3, 0.4) is 0 Å². The molecule has 1 N–H and O–H groups in total. The first kappa shape index (κ1) is 28.9. The van der Waals surface area contributed by atoms with Crippen LogP contribution in [0.1, 0.15) is 65.0 Å². The molecule has 216 valence electrons. The number of pyridine rings is 1. The lowest BCUT2D eigenvalue weighted by molar-refractivity contribution is -0.115. The van der Waals surface area contributed by atoms with E-state index in [0.29, 0.717) is 29.6 Å². The molecule has 0 spiro atoms. The Kier molecular flexibility index (Phi) is 8.29. The monoisotopic (exact) mass is 571 g/mol. The number of halogens is 2. The number of nitrogens with one attached hydrogen (secondary N) is 1. The van der Waals surface area contributed by atoms with Crippen molar-refractivity contribution in [3.8, 4) is 0 Å². The highest BCUT2D eigenvalue weighted by Crippen LogP contribution is 2.33. The third kappa shape index (κ3) is 5.59. The van der Waals surface area contributed by atoms with E-state index >= 15 is 0 Å². The molecular formula is C33H31F2N3O4. The van der Waals surface area contributed by atoms with Gasteiger partial charge in [-0.15, -0.1) is 0 Å². The van der Waals surface area contributed by atoms with E-state index in [-0.39, 0.29) is 47.9 Å². The van der Waals surface area contributed by atoms with Gasteiger partial charge in [-0.25, -0.2) is 13.3 Å². The third-order valence-corrected chi connectivity index (χ3v) is 7.71. The van der Waals surface area contributed by atoms with E-state index in [1.165, 1.54) is 23.1 Å². The van der Waals surface area contributed by atoms with Crippen LogP contribution < -0.4 is 15.8 Å². The van der Waals surface area contributed by atoms with E-state index in [9.17, 15) is 28.0 Å². The number of rotatable bonds is 8. The number of fused-ring (bicyclic) bond motifs is 2. The van der Waals surface area contributed by atoms with E-state index in [4.69, 9.17) is 0 Å². The number of anilines is 2. The predicted molar refractivity (Wildman–Crippen MR) is 158 cm³/mol. The summed E-state index contributed by atoms with van der Waals surface area (Å²) in [6.45, 7) is 3.78. The molecule has 0 saturated carbocycles. The van der Waals surface area contributed by atoms with Crippen LogP contribution in [0.2, 0.25) is 0 Å². The van der Waals surface area contributed by atoms with Crippen molar-refractivity contribution in [2.45, 2.75) is 46.0 Å². The van der Waals surface area contributed by atoms with Gasteiger partial charge in [0.05, 0.1) is 11.2 Å². The maximum absolute atomic E-state index is 13.9. The van der Waals surface area contributed by atoms with Crippen molar-refractivity contribution in [3.05, 3.63) is 105 Å². The van der Waals surface area contributed by atoms with Gasteiger partial charge in [-0.05, 0) is 73.2 Å². The van der Waals surface area contributed by atoms with Crippen LogP contribution in [0, 0.1) is 5.92 Å². The van der Waals surface area contributed by atoms with Crippen LogP contribution in [0.4, 0.5) is 20.2 Å². The number of carbonyl (C=O) groups excluding carboxylic acids is 3. The van der Waals surface area contributed by atoms with E-state index < -0.39 is 23.8 Å². The van der Waals surface area contributed by atoms with E-state index in [2.05, 4.69) is 5.32 Å². The van der Waals surface area contributed by atoms with Crippen molar-refractivity contribution in [2.24, 2.45) is 5.92 Å². The van der Waals surface area contributed by atoms with Crippen LogP contribution in [0.5, 0.6) is 0 Å². The molecule has 1 aliphatic rings. The Morgan fingerprint density at radius 2 is 1.69 bits per heavy atom. The fraction of sp³-hybridized carbons (Fsp3) is 0.273. The van der Waals surface area contributed by atoms with Gasteiger partial charge in [0.15, 0.2) is 0 Å². The zero-order chi connectivity index (χ0) is 30.0. The van der Waals surface area contributed by atoms with Crippen molar-refractivity contribution in [3.63, 3.8) is 0 Å². The third-order valence-electron chi connectivity index (χ3n) is 7.71. The number of amides is 2. The summed E-state index contributed by atoms with van der Waals surface area (Å²) >= 11 is 0. The van der Waals surface area contributed by atoms with Crippen LogP contribution in [-0.4, -0.2) is 28.8 Å². The van der Waals surface area contributed by atoms with E-state index in [1.807, 2.05) is 6.07 Å². The molecular weight excluding hydrogens is 540 g/mol. The van der Waals surface area contributed by atoms with Crippen molar-refractivity contribution < 1.29 is 23.2 Å². The average molecular weight is 572 g/mol. The van der Waals surface area contributed by atoms with Gasteiger partial charge in [0, 0.05) is 36.0 Å². The van der Waals surface area contributed by atoms with Crippen LogP contribution in [-0.2, 0) is 17.6 Å². The molecule has 1 atom stereocenters. The quantitative estimate of drug-likeness (QED) is 0.265. The number of benzene rings is 3. The fourth-order valence-corrected chi connectivity index (χ4v) is 5.63. The highest BCUT2D eigenvalue weighted by molar-refractivity contribution is 6.11. The molecule has 5 rings (SSSR count). The van der Waals surface area contributed by atoms with Gasteiger partial charge in [0.2, 0.25) is 11.8 Å². The molecule has 7 nitrogen and oxygen atoms in total. The van der Waals surface area contributed by atoms with Gasteiger partial charge in [-0.3, -0.25) is 19.2 Å². The summed E-state index contributed by atoms with van der Waals surface area (Å²) in [5.41, 5.74) is 1.93. The number of aromatic nitrogens is 1. The van der Waals surface area contributed by atoms with Gasteiger partial charge in [-0.2, -0.15) is 0 Å². The van der Waals surface area contributed by atoms with Gasteiger partial charge in [0.1, 0.15) is 5.56 Å². The minimum atomic E-state index is -2.58. The lowest BCUT2D eigenvalue weighted by Crippen LogP contribution is -2.39. The van der Waals surface area contributed by atoms with Crippen molar-refractivity contribution in [1.29, 1.82) is 0 Å². The molecule has 9 heteroatoms. The molecule has 0 bridgehead atoms. The first-order valence-electron chi connectivity index (χ1n) is 14.0. The molecule has 2 amide bonds. The second kappa shape index (κ2) is 12.1. The molecule has 1 aliphatic carbocycles. The average Bonchev–Trinajstić information content (AvgIpc) is 3.39. The van der Waals surface area contributed by atoms with Gasteiger partial charge >= 0.3 is 0 Å². The number of alkyl halides is 2. The summed E-state index contributed by atoms with van der Waals surface area (Å²) in [7, 11) is 0. The Balaban J connectivity index is 1.57. The standard InChI is InChI=1S/C33H31F2N3O4/c1-3-29(39)36-27-11-8-12-28-25(27)19-26(32(41)37(4-2)24-9-6-5-7-10-24)33(42)38(28)30(40)17-20-15-21-13-14-22(31(34)35)18-23(21)16-20/h5-14,18-20,31H,3-4,15-17H2,1-2H3,(H,36,39). The lowest BCUT2D eigenvalue weighted by Gasteiger charge is -2.22. The summed E-state index contributed by atoms with van der Waals surface area (Å²) in [6, 6.07) is 19.8. The highest BCUT2D eigenvalue weighted by Gasteiger charge is 2.29. The highest BCUT2D eigenvalue weighted by atomic mass is 19.3. The van der Waals surface area contributed by atoms with Crippen LogP contribution in [0.15, 0.2) is 77.6 Å². The molecule has 0 fully saturated rings. The fourth-order valence-electron chi connectivity index (χ4n) is 5.63. The minimum Gasteiger partial charge on any atom is -0.325 e. The van der Waals surface area contributed by atoms with E-state index in [0.717, 1.165) is 15.7 Å². The smallest absolute Gasteiger partial charge is 0.270 e. The normalized spacial score (nSPS) is 14.2. The Morgan fingerprint density at radius 1 is 0.952 bits per heavy atom. The molecule has 4 aromatic rings. The number of para-hydroxylation sites is 1. The number of hydrogen-bond acceptors (Lipinski definition) is 4. The first-order valence-corrected chi connectivity index (χ1v) is 14.0. The SMILES string of the molecule is CCC(=O)Nc1cccc2c1cc(C(=O)N(CC)c1ccccc1)c(=O)n2C(=O)CC1Cc2ccc(C(F)F)cc2C1. The predicted octanol–water partition coefficient (Wildman–Crippen LogP) is 6.40. The lowest BCUT2D eigenvalue weighted by atomic mass is 10.0. The van der Waals surface area contributed by atoms with Gasteiger partial charge in [-0.1, -0.05) is 43.3 Å².